The van der Waals surface area contributed by atoms with Crippen molar-refractivity contribution >= 4 is 33.4 Å². The highest BCUT2D eigenvalue weighted by atomic mass is 79.9. The van der Waals surface area contributed by atoms with Crippen LogP contribution in [-0.4, -0.2) is 33.4 Å². The molecule has 3 aromatic rings. The van der Waals surface area contributed by atoms with Crippen LogP contribution in [0.25, 0.3) is 11.4 Å². The molecule has 1 aliphatic heterocycles. The smallest absolute Gasteiger partial charge is 0.212 e. The first-order valence-electron chi connectivity index (χ1n) is 7.73. The van der Waals surface area contributed by atoms with E-state index >= 15 is 0 Å². The molecule has 0 saturated heterocycles. The fourth-order valence-corrected chi connectivity index (χ4v) is 3.98. The van der Waals surface area contributed by atoms with Gasteiger partial charge in [0, 0.05) is 11.3 Å². The molecule has 0 amide bonds. The zero-order valence-electron chi connectivity index (χ0n) is 13.7. The molecular formula is C18H15BrN4OS. The molecule has 126 valence electrons. The maximum Gasteiger partial charge on any atom is 0.212 e. The van der Waals surface area contributed by atoms with Gasteiger partial charge in [-0.3, -0.25) is 0 Å². The summed E-state index contributed by atoms with van der Waals surface area (Å²) >= 11 is 5.17. The standard InChI is InChI=1S/C18H15BrN4OS/c1-11-3-5-12(6-4-11)15-10-25-18-21-20-17(23(18)22-15)13-7-8-16(24-2)14(19)9-13/h3-9H,10H2,1-2H3. The van der Waals surface area contributed by atoms with Crippen LogP contribution in [0.3, 0.4) is 0 Å². The van der Waals surface area contributed by atoms with Gasteiger partial charge in [0.25, 0.3) is 0 Å². The summed E-state index contributed by atoms with van der Waals surface area (Å²) in [5.74, 6) is 2.28. The van der Waals surface area contributed by atoms with Crippen molar-refractivity contribution in [1.29, 1.82) is 0 Å². The van der Waals surface area contributed by atoms with Crippen molar-refractivity contribution in [3.8, 4) is 17.1 Å². The first kappa shape index (κ1) is 16.4. The maximum atomic E-state index is 5.29. The van der Waals surface area contributed by atoms with E-state index < -0.39 is 0 Å². The topological polar surface area (TPSA) is 52.3 Å². The second-order valence-corrected chi connectivity index (χ2v) is 7.47. The van der Waals surface area contributed by atoms with Gasteiger partial charge < -0.3 is 4.74 Å². The highest BCUT2D eigenvalue weighted by Crippen LogP contribution is 2.32. The summed E-state index contributed by atoms with van der Waals surface area (Å²) in [5, 5.41) is 14.2. The fraction of sp³-hybridized carbons (Fsp3) is 0.167. The van der Waals surface area contributed by atoms with Gasteiger partial charge in [-0.25, -0.2) is 0 Å². The number of benzene rings is 2. The van der Waals surface area contributed by atoms with Gasteiger partial charge in [-0.05, 0) is 46.6 Å². The third kappa shape index (κ3) is 3.09. The van der Waals surface area contributed by atoms with Crippen LogP contribution in [0.15, 0.2) is 57.2 Å². The molecule has 25 heavy (non-hydrogen) atoms. The molecule has 0 saturated carbocycles. The van der Waals surface area contributed by atoms with E-state index in [4.69, 9.17) is 9.84 Å². The van der Waals surface area contributed by atoms with Gasteiger partial charge in [0.1, 0.15) is 5.75 Å². The Hall–Kier alpha value is -2.12. The number of methoxy groups -OCH3 is 1. The van der Waals surface area contributed by atoms with E-state index in [0.717, 1.165) is 43.8 Å². The molecule has 1 aromatic heterocycles. The number of nitrogens with zero attached hydrogens (tertiary/aromatic N) is 4. The van der Waals surface area contributed by atoms with Crippen molar-refractivity contribution < 1.29 is 4.74 Å². The number of ether oxygens (including phenoxy) is 1. The Morgan fingerprint density at radius 2 is 1.84 bits per heavy atom. The third-order valence-electron chi connectivity index (χ3n) is 3.97. The molecule has 0 fully saturated rings. The Bertz CT molecular complexity index is 966. The highest BCUT2D eigenvalue weighted by molar-refractivity contribution is 9.10. The summed E-state index contributed by atoms with van der Waals surface area (Å²) in [6, 6.07) is 14.2. The number of hydrogen-bond acceptors (Lipinski definition) is 5. The first-order chi connectivity index (χ1) is 12.2. The zero-order valence-corrected chi connectivity index (χ0v) is 16.1. The quantitative estimate of drug-likeness (QED) is 0.637. The molecule has 7 heteroatoms. The molecule has 0 unspecified atom stereocenters. The minimum absolute atomic E-state index is 0.718. The van der Waals surface area contributed by atoms with Crippen LogP contribution in [0.1, 0.15) is 11.1 Å². The van der Waals surface area contributed by atoms with Crippen LogP contribution in [0.2, 0.25) is 0 Å². The van der Waals surface area contributed by atoms with E-state index in [0.29, 0.717) is 0 Å². The molecule has 0 atom stereocenters. The molecule has 2 heterocycles. The number of rotatable bonds is 3. The largest absolute Gasteiger partial charge is 0.496 e. The van der Waals surface area contributed by atoms with Crippen LogP contribution >= 0.6 is 27.7 Å². The summed E-state index contributed by atoms with van der Waals surface area (Å²) in [5.41, 5.74) is 4.31. The fourth-order valence-electron chi connectivity index (χ4n) is 2.60. The molecule has 0 N–H and O–H groups in total. The van der Waals surface area contributed by atoms with Crippen molar-refractivity contribution in [1.82, 2.24) is 14.9 Å². The van der Waals surface area contributed by atoms with Gasteiger partial charge in [0.2, 0.25) is 5.16 Å². The van der Waals surface area contributed by atoms with Gasteiger partial charge >= 0.3 is 0 Å². The summed E-state index contributed by atoms with van der Waals surface area (Å²) < 4.78 is 7.98. The van der Waals surface area contributed by atoms with Crippen molar-refractivity contribution in [2.75, 3.05) is 12.9 Å². The Morgan fingerprint density at radius 1 is 1.08 bits per heavy atom. The van der Waals surface area contributed by atoms with E-state index in [9.17, 15) is 0 Å². The Balaban J connectivity index is 1.76. The predicted molar refractivity (Wildman–Crippen MR) is 104 cm³/mol. The number of aryl methyl sites for hydroxylation is 1. The molecule has 1 aliphatic rings. The molecule has 2 aromatic carbocycles. The van der Waals surface area contributed by atoms with Crippen LogP contribution in [-0.2, 0) is 0 Å². The number of hydrogen-bond donors (Lipinski definition) is 0. The predicted octanol–water partition coefficient (Wildman–Crippen LogP) is 4.38. The lowest BCUT2D eigenvalue weighted by Gasteiger charge is -2.14. The minimum Gasteiger partial charge on any atom is -0.496 e. The van der Waals surface area contributed by atoms with Crippen molar-refractivity contribution in [3.63, 3.8) is 0 Å². The van der Waals surface area contributed by atoms with Crippen LogP contribution in [0.4, 0.5) is 0 Å². The van der Waals surface area contributed by atoms with E-state index in [2.05, 4.69) is 57.3 Å². The molecule has 0 aliphatic carbocycles. The monoisotopic (exact) mass is 414 g/mol. The van der Waals surface area contributed by atoms with E-state index in [1.165, 1.54) is 5.56 Å². The average Bonchev–Trinajstić information content (AvgIpc) is 3.05. The lowest BCUT2D eigenvalue weighted by molar-refractivity contribution is 0.412. The summed E-state index contributed by atoms with van der Waals surface area (Å²) in [7, 11) is 1.65. The van der Waals surface area contributed by atoms with Crippen LogP contribution < -0.4 is 4.74 Å². The van der Waals surface area contributed by atoms with Gasteiger partial charge in [0.05, 0.1) is 17.3 Å². The van der Waals surface area contributed by atoms with E-state index in [-0.39, 0.29) is 0 Å². The zero-order chi connectivity index (χ0) is 17.4. The van der Waals surface area contributed by atoms with Crippen LogP contribution in [0.5, 0.6) is 5.75 Å². The molecule has 0 bridgehead atoms. The van der Waals surface area contributed by atoms with Crippen molar-refractivity contribution in [2.45, 2.75) is 12.1 Å². The summed E-state index contributed by atoms with van der Waals surface area (Å²) in [6.07, 6.45) is 0. The SMILES string of the molecule is COc1ccc(-c2nnc3n2N=C(c2ccc(C)cc2)CS3)cc1Br. The molecule has 0 spiro atoms. The minimum atomic E-state index is 0.718. The third-order valence-corrected chi connectivity index (χ3v) is 5.52. The van der Waals surface area contributed by atoms with Gasteiger partial charge in [0.15, 0.2) is 5.82 Å². The number of thioether (sulfide) groups is 1. The Kier molecular flexibility index (Phi) is 4.35. The summed E-state index contributed by atoms with van der Waals surface area (Å²) in [4.78, 5) is 0. The Labute approximate surface area is 158 Å². The average molecular weight is 415 g/mol. The second-order valence-electron chi connectivity index (χ2n) is 5.67. The van der Waals surface area contributed by atoms with Crippen molar-refractivity contribution in [2.24, 2.45) is 5.10 Å². The second kappa shape index (κ2) is 6.65. The molecular weight excluding hydrogens is 400 g/mol. The van der Waals surface area contributed by atoms with E-state index in [1.807, 2.05) is 22.9 Å². The van der Waals surface area contributed by atoms with Gasteiger partial charge in [-0.15, -0.1) is 10.2 Å². The maximum absolute atomic E-state index is 5.29. The number of fused-ring (bicyclic) bond motifs is 1. The molecule has 5 nitrogen and oxygen atoms in total. The first-order valence-corrected chi connectivity index (χ1v) is 9.50. The molecule has 4 rings (SSSR count). The van der Waals surface area contributed by atoms with Crippen molar-refractivity contribution in [3.05, 3.63) is 58.1 Å². The van der Waals surface area contributed by atoms with Gasteiger partial charge in [-0.2, -0.15) is 9.78 Å². The Morgan fingerprint density at radius 3 is 2.56 bits per heavy atom. The summed E-state index contributed by atoms with van der Waals surface area (Å²) in [6.45, 7) is 2.08. The van der Waals surface area contributed by atoms with Gasteiger partial charge in [-0.1, -0.05) is 41.6 Å². The number of aromatic nitrogens is 3. The van der Waals surface area contributed by atoms with Crippen LogP contribution in [0, 0.1) is 6.92 Å². The lowest BCUT2D eigenvalue weighted by Crippen LogP contribution is -2.13. The number of halogens is 1. The lowest BCUT2D eigenvalue weighted by atomic mass is 10.1. The molecule has 0 radical (unpaired) electrons. The highest BCUT2D eigenvalue weighted by Gasteiger charge is 2.21. The van der Waals surface area contributed by atoms with E-state index in [1.54, 1.807) is 18.9 Å². The normalized spacial score (nSPS) is 13.3.